The van der Waals surface area contributed by atoms with Gasteiger partial charge in [-0.15, -0.1) is 22.7 Å². The van der Waals surface area contributed by atoms with Gasteiger partial charge in [-0.1, -0.05) is 0 Å². The van der Waals surface area contributed by atoms with E-state index >= 15 is 0 Å². The number of nitrogens with zero attached hydrogens (tertiary/aromatic N) is 2. The molecule has 0 saturated carbocycles. The quantitative estimate of drug-likeness (QED) is 0.792. The molecule has 130 valence electrons. The van der Waals surface area contributed by atoms with Crippen LogP contribution in [0.5, 0.6) is 0 Å². The number of carbonyl (C=O) groups is 2. The second-order valence-electron chi connectivity index (χ2n) is 5.97. The highest BCUT2D eigenvalue weighted by molar-refractivity contribution is 7.14. The highest BCUT2D eigenvalue weighted by Gasteiger charge is 2.16. The third-order valence-corrected chi connectivity index (χ3v) is 4.29. The van der Waals surface area contributed by atoms with Crippen LogP contribution in [0.15, 0.2) is 10.8 Å². The summed E-state index contributed by atoms with van der Waals surface area (Å²) in [7, 11) is 0. The van der Waals surface area contributed by atoms with E-state index in [0.29, 0.717) is 12.2 Å². The number of ether oxygens (including phenoxy) is 1. The molecule has 7 nitrogen and oxygen atoms in total. The molecule has 0 radical (unpaired) electrons. The Bertz CT molecular complexity index is 718. The Morgan fingerprint density at radius 3 is 2.46 bits per heavy atom. The number of thiazole rings is 2. The molecule has 2 rings (SSSR count). The predicted molar refractivity (Wildman–Crippen MR) is 94.5 cm³/mol. The molecule has 0 saturated heterocycles. The highest BCUT2D eigenvalue weighted by atomic mass is 32.1. The van der Waals surface area contributed by atoms with Crippen molar-refractivity contribution in [1.82, 2.24) is 20.6 Å². The van der Waals surface area contributed by atoms with Crippen molar-refractivity contribution in [2.24, 2.45) is 0 Å². The van der Waals surface area contributed by atoms with Gasteiger partial charge in [0.2, 0.25) is 0 Å². The van der Waals surface area contributed by atoms with Crippen LogP contribution in [0.25, 0.3) is 10.7 Å². The van der Waals surface area contributed by atoms with Gasteiger partial charge < -0.3 is 15.4 Å². The number of aryl methyl sites for hydroxylation is 1. The normalized spacial score (nSPS) is 11.2. The van der Waals surface area contributed by atoms with Gasteiger partial charge in [-0.05, 0) is 27.7 Å². The van der Waals surface area contributed by atoms with Crippen LogP contribution in [-0.2, 0) is 4.74 Å². The van der Waals surface area contributed by atoms with Gasteiger partial charge in [0.15, 0.2) is 0 Å². The molecular formula is C15H20N4O3S2. The summed E-state index contributed by atoms with van der Waals surface area (Å²) in [6.45, 7) is 7.87. The molecular weight excluding hydrogens is 348 g/mol. The molecule has 0 spiro atoms. The summed E-state index contributed by atoms with van der Waals surface area (Å²) in [6.07, 6.45) is -0.508. The molecule has 0 aliphatic carbocycles. The summed E-state index contributed by atoms with van der Waals surface area (Å²) in [5, 5.41) is 10.6. The molecule has 0 aliphatic rings. The summed E-state index contributed by atoms with van der Waals surface area (Å²) < 4.78 is 5.10. The molecule has 0 fully saturated rings. The van der Waals surface area contributed by atoms with E-state index in [9.17, 15) is 9.59 Å². The van der Waals surface area contributed by atoms with Crippen LogP contribution in [0.1, 0.15) is 36.3 Å². The fourth-order valence-electron chi connectivity index (χ4n) is 1.70. The lowest BCUT2D eigenvalue weighted by molar-refractivity contribution is 0.0526. The minimum absolute atomic E-state index is 0.281. The first kappa shape index (κ1) is 18.3. The third-order valence-electron chi connectivity index (χ3n) is 2.65. The Balaban J connectivity index is 1.77. The lowest BCUT2D eigenvalue weighted by atomic mass is 10.2. The zero-order chi connectivity index (χ0) is 17.7. The van der Waals surface area contributed by atoms with E-state index in [-0.39, 0.29) is 12.5 Å². The van der Waals surface area contributed by atoms with Crippen molar-refractivity contribution in [3.05, 3.63) is 21.5 Å². The summed E-state index contributed by atoms with van der Waals surface area (Å²) in [6, 6.07) is 0. The van der Waals surface area contributed by atoms with Crippen LogP contribution in [0.4, 0.5) is 4.79 Å². The maximum absolute atomic E-state index is 12.0. The maximum atomic E-state index is 12.0. The molecule has 0 bridgehead atoms. The largest absolute Gasteiger partial charge is 0.444 e. The van der Waals surface area contributed by atoms with E-state index in [1.54, 1.807) is 37.5 Å². The SMILES string of the molecule is Cc1nc(-c2nc(C(=O)NCCNC(=O)OC(C)(C)C)cs2)cs1. The van der Waals surface area contributed by atoms with Crippen molar-refractivity contribution in [3.63, 3.8) is 0 Å². The average molecular weight is 368 g/mol. The minimum atomic E-state index is -0.543. The molecule has 9 heteroatoms. The molecule has 0 unspecified atom stereocenters. The molecule has 0 atom stereocenters. The predicted octanol–water partition coefficient (Wildman–Crippen LogP) is 2.83. The Labute approximate surface area is 148 Å². The molecule has 2 N–H and O–H groups in total. The maximum Gasteiger partial charge on any atom is 0.407 e. The fourth-order valence-corrected chi connectivity index (χ4v) is 3.13. The van der Waals surface area contributed by atoms with Crippen LogP contribution in [0.3, 0.4) is 0 Å². The Morgan fingerprint density at radius 1 is 1.12 bits per heavy atom. The van der Waals surface area contributed by atoms with Crippen molar-refractivity contribution < 1.29 is 14.3 Å². The Hall–Kier alpha value is -2.00. The highest BCUT2D eigenvalue weighted by Crippen LogP contribution is 2.24. The van der Waals surface area contributed by atoms with E-state index < -0.39 is 11.7 Å². The molecule has 2 aromatic heterocycles. The smallest absolute Gasteiger partial charge is 0.407 e. The van der Waals surface area contributed by atoms with Crippen molar-refractivity contribution >= 4 is 34.7 Å². The molecule has 0 aromatic carbocycles. The van der Waals surface area contributed by atoms with Crippen molar-refractivity contribution in [3.8, 4) is 10.7 Å². The monoisotopic (exact) mass is 368 g/mol. The molecule has 2 heterocycles. The van der Waals surface area contributed by atoms with E-state index in [1.807, 2.05) is 12.3 Å². The second-order valence-corrected chi connectivity index (χ2v) is 7.89. The van der Waals surface area contributed by atoms with Gasteiger partial charge in [0.05, 0.1) is 5.01 Å². The Morgan fingerprint density at radius 2 is 1.83 bits per heavy atom. The number of hydrogen-bond acceptors (Lipinski definition) is 7. The van der Waals surface area contributed by atoms with E-state index in [4.69, 9.17) is 4.74 Å². The van der Waals surface area contributed by atoms with E-state index in [2.05, 4.69) is 20.6 Å². The number of amides is 2. The van der Waals surface area contributed by atoms with Crippen LogP contribution in [-0.4, -0.2) is 40.7 Å². The first-order chi connectivity index (χ1) is 11.2. The van der Waals surface area contributed by atoms with Gasteiger partial charge in [-0.25, -0.2) is 14.8 Å². The van der Waals surface area contributed by atoms with Crippen LogP contribution in [0.2, 0.25) is 0 Å². The lowest BCUT2D eigenvalue weighted by Crippen LogP contribution is -2.37. The first-order valence-electron chi connectivity index (χ1n) is 7.38. The third kappa shape index (κ3) is 5.57. The van der Waals surface area contributed by atoms with Gasteiger partial charge in [-0.3, -0.25) is 4.79 Å². The number of hydrogen-bond donors (Lipinski definition) is 2. The Kier molecular flexibility index (Phi) is 5.89. The molecule has 2 amide bonds. The van der Waals surface area contributed by atoms with Gasteiger partial charge in [-0.2, -0.15) is 0 Å². The summed E-state index contributed by atoms with van der Waals surface area (Å²) in [5.74, 6) is -0.282. The van der Waals surface area contributed by atoms with Gasteiger partial charge in [0.25, 0.3) is 5.91 Å². The summed E-state index contributed by atoms with van der Waals surface area (Å²) in [5.41, 5.74) is 0.587. The second kappa shape index (κ2) is 7.71. The summed E-state index contributed by atoms with van der Waals surface area (Å²) >= 11 is 2.92. The number of alkyl carbamates (subject to hydrolysis) is 1. The fraction of sp³-hybridized carbons (Fsp3) is 0.467. The molecule has 24 heavy (non-hydrogen) atoms. The van der Waals surface area contributed by atoms with Crippen LogP contribution < -0.4 is 10.6 Å². The standard InChI is InChI=1S/C15H20N4O3S2/c1-9-18-11(8-23-9)13-19-10(7-24-13)12(20)16-5-6-17-14(21)22-15(2,3)4/h7-8H,5-6H2,1-4H3,(H,16,20)(H,17,21). The van der Waals surface area contributed by atoms with Gasteiger partial charge in [0.1, 0.15) is 22.0 Å². The number of aromatic nitrogens is 2. The lowest BCUT2D eigenvalue weighted by Gasteiger charge is -2.19. The van der Waals surface area contributed by atoms with Crippen molar-refractivity contribution in [2.45, 2.75) is 33.3 Å². The van der Waals surface area contributed by atoms with Crippen molar-refractivity contribution in [2.75, 3.05) is 13.1 Å². The van der Waals surface area contributed by atoms with Crippen LogP contribution in [0, 0.1) is 6.92 Å². The number of nitrogens with one attached hydrogen (secondary N) is 2. The zero-order valence-electron chi connectivity index (χ0n) is 14.0. The topological polar surface area (TPSA) is 93.2 Å². The zero-order valence-corrected chi connectivity index (χ0v) is 15.6. The summed E-state index contributed by atoms with van der Waals surface area (Å²) in [4.78, 5) is 32.2. The first-order valence-corrected chi connectivity index (χ1v) is 9.13. The van der Waals surface area contributed by atoms with Crippen molar-refractivity contribution in [1.29, 1.82) is 0 Å². The van der Waals surface area contributed by atoms with E-state index in [0.717, 1.165) is 15.7 Å². The number of rotatable bonds is 5. The molecule has 2 aromatic rings. The molecule has 0 aliphatic heterocycles. The van der Waals surface area contributed by atoms with Crippen LogP contribution >= 0.6 is 22.7 Å². The van der Waals surface area contributed by atoms with E-state index in [1.165, 1.54) is 11.3 Å². The number of carbonyl (C=O) groups excluding carboxylic acids is 2. The van der Waals surface area contributed by atoms with Gasteiger partial charge in [0, 0.05) is 23.8 Å². The minimum Gasteiger partial charge on any atom is -0.444 e. The average Bonchev–Trinajstić information content (AvgIpc) is 3.10. The van der Waals surface area contributed by atoms with Gasteiger partial charge >= 0.3 is 6.09 Å².